The van der Waals surface area contributed by atoms with E-state index in [1.165, 1.54) is 6.07 Å². The van der Waals surface area contributed by atoms with E-state index in [-0.39, 0.29) is 0 Å². The van der Waals surface area contributed by atoms with Gasteiger partial charge in [0.2, 0.25) is 0 Å². The number of benzene rings is 1. The fraction of sp³-hybridized carbons (Fsp3) is 0.562. The topological polar surface area (TPSA) is 55.0 Å². The molecule has 0 aliphatic carbocycles. The maximum Gasteiger partial charge on any atom is 0.477 e. The van der Waals surface area contributed by atoms with E-state index in [4.69, 9.17) is 10.1 Å². The normalized spacial score (nSPS) is 10.7. The summed E-state index contributed by atoms with van der Waals surface area (Å²) in [7, 11) is 0. The van der Waals surface area contributed by atoms with Crippen LogP contribution in [0.1, 0.15) is 44.7 Å². The van der Waals surface area contributed by atoms with Crippen LogP contribution in [0.2, 0.25) is 0 Å². The number of rotatable bonds is 7. The van der Waals surface area contributed by atoms with Gasteiger partial charge in [0.15, 0.2) is 0 Å². The van der Waals surface area contributed by atoms with Crippen LogP contribution in [0, 0.1) is 0 Å². The van der Waals surface area contributed by atoms with Crippen molar-refractivity contribution in [1.29, 1.82) is 0 Å². The standard InChI is InChI=1S/C14H17BrF3NO2.C2H6/c1-2-4-9-11(21-8-3-7-15)6-5-10(12(9)20)13(19)14(16,17)18;1-2/h5-6,19-20H,2-4,7-8H2,1H3;1-2H3/p+1. The second-order valence-electron chi connectivity index (χ2n) is 4.49. The molecule has 1 aromatic rings. The van der Waals surface area contributed by atoms with Gasteiger partial charge in [0.1, 0.15) is 11.5 Å². The molecule has 0 unspecified atom stereocenters. The number of aromatic hydroxyl groups is 1. The first-order valence-electron chi connectivity index (χ1n) is 7.56. The summed E-state index contributed by atoms with van der Waals surface area (Å²) >= 11 is 3.26. The number of phenols is 1. The van der Waals surface area contributed by atoms with Crippen molar-refractivity contribution in [2.24, 2.45) is 0 Å². The van der Waals surface area contributed by atoms with Crippen LogP contribution in [-0.4, -0.2) is 28.9 Å². The third-order valence-electron chi connectivity index (χ3n) is 2.87. The van der Waals surface area contributed by atoms with Gasteiger partial charge in [0, 0.05) is 10.9 Å². The van der Waals surface area contributed by atoms with E-state index in [0.717, 1.165) is 17.8 Å². The van der Waals surface area contributed by atoms with Crippen molar-refractivity contribution in [2.75, 3.05) is 11.9 Å². The lowest BCUT2D eigenvalue weighted by atomic mass is 10.00. The van der Waals surface area contributed by atoms with Crippen LogP contribution in [0.3, 0.4) is 0 Å². The minimum Gasteiger partial charge on any atom is -0.507 e. The molecular formula is C16H24BrF3NO2+. The van der Waals surface area contributed by atoms with Gasteiger partial charge in [-0.05, 0) is 25.0 Å². The molecular weight excluding hydrogens is 375 g/mol. The Hall–Kier alpha value is -1.24. The van der Waals surface area contributed by atoms with E-state index in [1.807, 2.05) is 20.8 Å². The molecule has 0 fully saturated rings. The van der Waals surface area contributed by atoms with Crippen LogP contribution in [-0.2, 0) is 6.42 Å². The van der Waals surface area contributed by atoms with Crippen LogP contribution in [0.15, 0.2) is 12.1 Å². The molecule has 1 rings (SSSR count). The number of halogens is 4. The summed E-state index contributed by atoms with van der Waals surface area (Å²) in [5, 5.41) is 16.0. The van der Waals surface area contributed by atoms with Crippen molar-refractivity contribution in [3.05, 3.63) is 23.3 Å². The molecule has 7 heteroatoms. The molecule has 132 valence electrons. The van der Waals surface area contributed by atoms with Crippen LogP contribution in [0.5, 0.6) is 11.5 Å². The molecule has 1 aromatic carbocycles. The average molecular weight is 399 g/mol. The SMILES string of the molecule is CC.CCCc1c(OCCCBr)ccc(C(=[NH2+])C(F)(F)F)c1O. The molecule has 0 saturated heterocycles. The van der Waals surface area contributed by atoms with Crippen molar-refractivity contribution in [1.82, 2.24) is 0 Å². The van der Waals surface area contributed by atoms with Crippen molar-refractivity contribution in [3.63, 3.8) is 0 Å². The fourth-order valence-electron chi connectivity index (χ4n) is 1.85. The number of hydrogen-bond donors (Lipinski definition) is 2. The Balaban J connectivity index is 0.00000232. The number of alkyl halides is 4. The highest BCUT2D eigenvalue weighted by Crippen LogP contribution is 2.35. The van der Waals surface area contributed by atoms with Gasteiger partial charge in [-0.3, -0.25) is 0 Å². The number of nitrogens with two attached hydrogens (primary N) is 1. The molecule has 0 amide bonds. The van der Waals surface area contributed by atoms with Gasteiger partial charge < -0.3 is 9.84 Å². The lowest BCUT2D eigenvalue weighted by Gasteiger charge is -2.15. The highest BCUT2D eigenvalue weighted by Gasteiger charge is 2.42. The second kappa shape index (κ2) is 10.5. The van der Waals surface area contributed by atoms with Crippen molar-refractivity contribution < 1.29 is 28.4 Å². The van der Waals surface area contributed by atoms with Crippen LogP contribution >= 0.6 is 15.9 Å². The molecule has 0 atom stereocenters. The summed E-state index contributed by atoms with van der Waals surface area (Å²) in [6.07, 6.45) is -2.85. The van der Waals surface area contributed by atoms with E-state index in [9.17, 15) is 18.3 Å². The quantitative estimate of drug-likeness (QED) is 0.418. The molecule has 0 saturated carbocycles. The Morgan fingerprint density at radius 1 is 1.30 bits per heavy atom. The zero-order chi connectivity index (χ0) is 18.0. The molecule has 0 aliphatic heterocycles. The molecule has 0 radical (unpaired) electrons. The lowest BCUT2D eigenvalue weighted by molar-refractivity contribution is -0.166. The molecule has 23 heavy (non-hydrogen) atoms. The Morgan fingerprint density at radius 2 is 1.91 bits per heavy atom. The Labute approximate surface area is 143 Å². The Bertz CT molecular complexity index is 505. The molecule has 0 bridgehead atoms. The molecule has 3 N–H and O–H groups in total. The molecule has 3 nitrogen and oxygen atoms in total. The predicted molar refractivity (Wildman–Crippen MR) is 89.4 cm³/mol. The highest BCUT2D eigenvalue weighted by atomic mass is 79.9. The minimum atomic E-state index is -4.68. The largest absolute Gasteiger partial charge is 0.507 e. The molecule has 0 spiro atoms. The fourth-order valence-corrected chi connectivity index (χ4v) is 2.08. The van der Waals surface area contributed by atoms with E-state index in [2.05, 4.69) is 15.9 Å². The lowest BCUT2D eigenvalue weighted by Crippen LogP contribution is -2.49. The maximum atomic E-state index is 12.7. The van der Waals surface area contributed by atoms with Gasteiger partial charge in [-0.2, -0.15) is 13.2 Å². The zero-order valence-corrected chi connectivity index (χ0v) is 15.2. The Morgan fingerprint density at radius 3 is 2.39 bits per heavy atom. The molecule has 0 aliphatic rings. The summed E-state index contributed by atoms with van der Waals surface area (Å²) in [4.78, 5) is 0. The summed E-state index contributed by atoms with van der Waals surface area (Å²) in [6, 6.07) is 2.56. The summed E-state index contributed by atoms with van der Waals surface area (Å²) in [6.45, 7) is 6.28. The number of ether oxygens (including phenoxy) is 1. The van der Waals surface area contributed by atoms with Crippen molar-refractivity contribution >= 4 is 21.6 Å². The monoisotopic (exact) mass is 398 g/mol. The van der Waals surface area contributed by atoms with Crippen LogP contribution < -0.4 is 10.1 Å². The first kappa shape index (κ1) is 21.8. The Kier molecular flexibility index (Phi) is 9.95. The van der Waals surface area contributed by atoms with Gasteiger partial charge in [-0.1, -0.05) is 43.1 Å². The first-order valence-corrected chi connectivity index (χ1v) is 8.68. The van der Waals surface area contributed by atoms with Gasteiger partial charge in [0.25, 0.3) is 5.71 Å². The van der Waals surface area contributed by atoms with E-state index in [0.29, 0.717) is 30.8 Å². The summed E-state index contributed by atoms with van der Waals surface area (Å²) in [5.74, 6) is -0.0583. The van der Waals surface area contributed by atoms with Gasteiger partial charge >= 0.3 is 6.18 Å². The smallest absolute Gasteiger partial charge is 0.477 e. The molecule has 0 aromatic heterocycles. The van der Waals surface area contributed by atoms with Gasteiger partial charge in [-0.15, -0.1) is 0 Å². The highest BCUT2D eigenvalue weighted by molar-refractivity contribution is 9.09. The second-order valence-corrected chi connectivity index (χ2v) is 5.28. The minimum absolute atomic E-state index is 0.358. The average Bonchev–Trinajstić information content (AvgIpc) is 2.51. The van der Waals surface area contributed by atoms with E-state index >= 15 is 0 Å². The van der Waals surface area contributed by atoms with Crippen LogP contribution in [0.25, 0.3) is 0 Å². The summed E-state index contributed by atoms with van der Waals surface area (Å²) < 4.78 is 43.5. The van der Waals surface area contributed by atoms with Crippen LogP contribution in [0.4, 0.5) is 13.2 Å². The zero-order valence-electron chi connectivity index (χ0n) is 13.6. The third-order valence-corrected chi connectivity index (χ3v) is 3.43. The summed E-state index contributed by atoms with van der Waals surface area (Å²) in [5.41, 5.74) is -1.35. The van der Waals surface area contributed by atoms with Gasteiger partial charge in [-0.25, -0.2) is 5.41 Å². The predicted octanol–water partition coefficient (Wildman–Crippen LogP) is 3.65. The maximum absolute atomic E-state index is 12.7. The number of hydrogen-bond acceptors (Lipinski definition) is 2. The van der Waals surface area contributed by atoms with Crippen molar-refractivity contribution in [2.45, 2.75) is 46.2 Å². The number of phenolic OH excluding ortho intramolecular Hbond substituents is 1. The van der Waals surface area contributed by atoms with E-state index in [1.54, 1.807) is 0 Å². The van der Waals surface area contributed by atoms with Gasteiger partial charge in [0.05, 0.1) is 12.2 Å². The van der Waals surface area contributed by atoms with E-state index < -0.39 is 23.2 Å². The van der Waals surface area contributed by atoms with Crippen molar-refractivity contribution in [3.8, 4) is 11.5 Å². The first-order chi connectivity index (χ1) is 10.8. The molecule has 0 heterocycles. The third kappa shape index (κ3) is 6.41.